The molecule has 21 heavy (non-hydrogen) atoms. The van der Waals surface area contributed by atoms with Gasteiger partial charge in [0.25, 0.3) is 0 Å². The van der Waals surface area contributed by atoms with Crippen LogP contribution in [0.2, 0.25) is 0 Å². The number of nitrogens with zero attached hydrogens (tertiary/aromatic N) is 3. The molecule has 118 valence electrons. The molecule has 1 saturated heterocycles. The Morgan fingerprint density at radius 1 is 1.33 bits per heavy atom. The number of carbonyl (C=O) groups is 1. The SMILES string of the molecule is Cc1nn(C(C)C)c(NCCC(=O)N2CCCCC2)c1N. The van der Waals surface area contributed by atoms with Crippen molar-refractivity contribution in [3.8, 4) is 0 Å². The third-order valence-corrected chi connectivity index (χ3v) is 3.96. The fourth-order valence-corrected chi connectivity index (χ4v) is 2.70. The summed E-state index contributed by atoms with van der Waals surface area (Å²) in [7, 11) is 0. The molecule has 1 aromatic rings. The lowest BCUT2D eigenvalue weighted by molar-refractivity contribution is -0.131. The molecule has 1 aromatic heterocycles. The van der Waals surface area contributed by atoms with Crippen molar-refractivity contribution in [2.24, 2.45) is 0 Å². The highest BCUT2D eigenvalue weighted by Crippen LogP contribution is 2.25. The summed E-state index contributed by atoms with van der Waals surface area (Å²) in [6.07, 6.45) is 4.00. The molecular weight excluding hydrogens is 266 g/mol. The molecule has 3 N–H and O–H groups in total. The second-order valence-corrected chi connectivity index (χ2v) is 6.00. The number of aromatic nitrogens is 2. The first kappa shape index (κ1) is 15.7. The highest BCUT2D eigenvalue weighted by molar-refractivity contribution is 5.77. The Hall–Kier alpha value is -1.72. The number of aryl methyl sites for hydroxylation is 1. The monoisotopic (exact) mass is 293 g/mol. The van der Waals surface area contributed by atoms with Crippen molar-refractivity contribution >= 4 is 17.4 Å². The van der Waals surface area contributed by atoms with Gasteiger partial charge in [-0.15, -0.1) is 0 Å². The van der Waals surface area contributed by atoms with Crippen molar-refractivity contribution in [3.05, 3.63) is 5.69 Å². The van der Waals surface area contributed by atoms with Gasteiger partial charge in [-0.3, -0.25) is 4.79 Å². The normalized spacial score (nSPS) is 15.5. The minimum absolute atomic E-state index is 0.230. The maximum Gasteiger partial charge on any atom is 0.224 e. The van der Waals surface area contributed by atoms with E-state index in [4.69, 9.17) is 5.73 Å². The molecule has 0 radical (unpaired) electrons. The molecule has 1 aliphatic heterocycles. The lowest BCUT2D eigenvalue weighted by Gasteiger charge is -2.26. The zero-order chi connectivity index (χ0) is 15.4. The molecule has 6 nitrogen and oxygen atoms in total. The van der Waals surface area contributed by atoms with Crippen LogP contribution in [0, 0.1) is 6.92 Å². The molecule has 1 aliphatic rings. The van der Waals surface area contributed by atoms with Crippen LogP contribution >= 0.6 is 0 Å². The second-order valence-electron chi connectivity index (χ2n) is 6.00. The van der Waals surface area contributed by atoms with Crippen LogP contribution in [0.1, 0.15) is 51.3 Å². The van der Waals surface area contributed by atoms with E-state index in [1.54, 1.807) is 0 Å². The van der Waals surface area contributed by atoms with Crippen LogP contribution in [-0.2, 0) is 4.79 Å². The number of nitrogens with one attached hydrogen (secondary N) is 1. The van der Waals surface area contributed by atoms with Gasteiger partial charge in [-0.1, -0.05) is 0 Å². The Labute approximate surface area is 126 Å². The lowest BCUT2D eigenvalue weighted by Crippen LogP contribution is -2.36. The molecule has 2 heterocycles. The molecule has 0 aliphatic carbocycles. The van der Waals surface area contributed by atoms with Gasteiger partial charge < -0.3 is 16.0 Å². The van der Waals surface area contributed by atoms with E-state index in [2.05, 4.69) is 24.3 Å². The van der Waals surface area contributed by atoms with E-state index in [-0.39, 0.29) is 11.9 Å². The zero-order valence-corrected chi connectivity index (χ0v) is 13.4. The van der Waals surface area contributed by atoms with Crippen LogP contribution in [0.25, 0.3) is 0 Å². The minimum Gasteiger partial charge on any atom is -0.394 e. The van der Waals surface area contributed by atoms with Crippen molar-refractivity contribution in [1.82, 2.24) is 14.7 Å². The van der Waals surface area contributed by atoms with E-state index in [9.17, 15) is 4.79 Å². The summed E-state index contributed by atoms with van der Waals surface area (Å²) in [4.78, 5) is 14.1. The molecule has 0 atom stereocenters. The molecule has 2 rings (SSSR count). The fraction of sp³-hybridized carbons (Fsp3) is 0.733. The molecule has 0 aromatic carbocycles. The van der Waals surface area contributed by atoms with Crippen LogP contribution in [-0.4, -0.2) is 40.2 Å². The molecular formula is C15H27N5O. The lowest BCUT2D eigenvalue weighted by atomic mass is 10.1. The van der Waals surface area contributed by atoms with Gasteiger partial charge in [-0.05, 0) is 40.0 Å². The maximum absolute atomic E-state index is 12.1. The molecule has 1 fully saturated rings. The van der Waals surface area contributed by atoms with Crippen LogP contribution in [0.5, 0.6) is 0 Å². The number of rotatable bonds is 5. The summed E-state index contributed by atoms with van der Waals surface area (Å²) in [5.41, 5.74) is 7.56. The Bertz CT molecular complexity index is 488. The number of carbonyl (C=O) groups excluding carboxylic acids is 1. The van der Waals surface area contributed by atoms with Gasteiger partial charge in [-0.2, -0.15) is 5.10 Å². The predicted molar refractivity (Wildman–Crippen MR) is 85.3 cm³/mol. The zero-order valence-electron chi connectivity index (χ0n) is 13.4. The molecule has 0 saturated carbocycles. The quantitative estimate of drug-likeness (QED) is 0.872. The third-order valence-electron chi connectivity index (χ3n) is 3.96. The summed E-state index contributed by atoms with van der Waals surface area (Å²) in [5.74, 6) is 1.06. The number of amides is 1. The van der Waals surface area contributed by atoms with Gasteiger partial charge in [0, 0.05) is 32.1 Å². The van der Waals surface area contributed by atoms with Crippen LogP contribution in [0.3, 0.4) is 0 Å². The first-order chi connectivity index (χ1) is 10.0. The van der Waals surface area contributed by atoms with Crippen molar-refractivity contribution in [1.29, 1.82) is 0 Å². The Morgan fingerprint density at radius 3 is 2.62 bits per heavy atom. The van der Waals surface area contributed by atoms with Crippen LogP contribution in [0.4, 0.5) is 11.5 Å². The van der Waals surface area contributed by atoms with Crippen molar-refractivity contribution < 1.29 is 4.79 Å². The van der Waals surface area contributed by atoms with Crippen molar-refractivity contribution in [2.75, 3.05) is 30.7 Å². The summed E-state index contributed by atoms with van der Waals surface area (Å²) in [6.45, 7) is 8.44. The van der Waals surface area contributed by atoms with E-state index in [0.717, 1.165) is 37.4 Å². The molecule has 0 bridgehead atoms. The average Bonchev–Trinajstić information content (AvgIpc) is 2.76. The van der Waals surface area contributed by atoms with E-state index < -0.39 is 0 Å². The highest BCUT2D eigenvalue weighted by atomic mass is 16.2. The predicted octanol–water partition coefficient (Wildman–Crippen LogP) is 2.17. The number of anilines is 2. The van der Waals surface area contributed by atoms with Gasteiger partial charge in [0.2, 0.25) is 5.91 Å². The fourth-order valence-electron chi connectivity index (χ4n) is 2.70. The standard InChI is InChI=1S/C15H27N5O/c1-11(2)20-15(14(16)12(3)18-20)17-8-7-13(21)19-9-5-4-6-10-19/h11,17H,4-10,16H2,1-3H3. The van der Waals surface area contributed by atoms with Crippen molar-refractivity contribution in [3.63, 3.8) is 0 Å². The highest BCUT2D eigenvalue weighted by Gasteiger charge is 2.17. The first-order valence-electron chi connectivity index (χ1n) is 7.87. The van der Waals surface area contributed by atoms with Crippen molar-refractivity contribution in [2.45, 2.75) is 52.5 Å². The van der Waals surface area contributed by atoms with Crippen LogP contribution in [0.15, 0.2) is 0 Å². The molecule has 0 unspecified atom stereocenters. The Kier molecular flexibility index (Phi) is 5.09. The van der Waals surface area contributed by atoms with Gasteiger partial charge in [0.15, 0.2) is 0 Å². The smallest absolute Gasteiger partial charge is 0.224 e. The maximum atomic E-state index is 12.1. The minimum atomic E-state index is 0.230. The summed E-state index contributed by atoms with van der Waals surface area (Å²) >= 11 is 0. The number of likely N-dealkylation sites (tertiary alicyclic amines) is 1. The van der Waals surface area contributed by atoms with E-state index in [1.807, 2.05) is 16.5 Å². The Morgan fingerprint density at radius 2 is 2.00 bits per heavy atom. The second kappa shape index (κ2) is 6.83. The topological polar surface area (TPSA) is 76.2 Å². The van der Waals surface area contributed by atoms with Gasteiger partial charge in [-0.25, -0.2) is 4.68 Å². The molecule has 1 amide bonds. The largest absolute Gasteiger partial charge is 0.394 e. The third kappa shape index (κ3) is 3.68. The van der Waals surface area contributed by atoms with E-state index in [1.165, 1.54) is 6.42 Å². The number of piperidine rings is 1. The average molecular weight is 293 g/mol. The van der Waals surface area contributed by atoms with Gasteiger partial charge >= 0.3 is 0 Å². The van der Waals surface area contributed by atoms with Gasteiger partial charge in [0.1, 0.15) is 5.82 Å². The molecule has 6 heteroatoms. The molecule has 0 spiro atoms. The number of nitrogen functional groups attached to an aromatic ring is 1. The first-order valence-corrected chi connectivity index (χ1v) is 7.87. The number of nitrogens with two attached hydrogens (primary N) is 1. The van der Waals surface area contributed by atoms with Crippen LogP contribution < -0.4 is 11.1 Å². The number of hydrogen-bond donors (Lipinski definition) is 2. The van der Waals surface area contributed by atoms with Gasteiger partial charge in [0.05, 0.1) is 11.4 Å². The number of hydrogen-bond acceptors (Lipinski definition) is 4. The van der Waals surface area contributed by atoms with E-state index >= 15 is 0 Å². The van der Waals surface area contributed by atoms with E-state index in [0.29, 0.717) is 18.7 Å². The summed E-state index contributed by atoms with van der Waals surface area (Å²) in [5, 5.41) is 7.71. The Balaban J connectivity index is 1.89. The summed E-state index contributed by atoms with van der Waals surface area (Å²) in [6, 6.07) is 0.237. The summed E-state index contributed by atoms with van der Waals surface area (Å²) < 4.78 is 1.88.